The summed E-state index contributed by atoms with van der Waals surface area (Å²) in [5.41, 5.74) is 2.49. The lowest BCUT2D eigenvalue weighted by Gasteiger charge is -1.99. The quantitative estimate of drug-likeness (QED) is 0.123. The molecule has 0 saturated heterocycles. The Balaban J connectivity index is 0.000000204. The minimum Gasteiger partial charge on any atom is -0.358 e. The molecule has 4 aromatic rings. The molecule has 8 nitrogen and oxygen atoms in total. The van der Waals surface area contributed by atoms with Gasteiger partial charge in [-0.05, 0) is 43.1 Å². The number of pyridine rings is 2. The first-order chi connectivity index (χ1) is 16.9. The summed E-state index contributed by atoms with van der Waals surface area (Å²) in [6, 6.07) is 26.0. The first-order valence-electron chi connectivity index (χ1n) is 10.1. The molecule has 0 N–H and O–H groups in total. The van der Waals surface area contributed by atoms with Gasteiger partial charge in [-0.2, -0.15) is 12.6 Å². The Morgan fingerprint density at radius 3 is 1.66 bits per heavy atom. The summed E-state index contributed by atoms with van der Waals surface area (Å²) in [4.78, 5) is 27.5. The molecule has 0 bridgehead atoms. The van der Waals surface area contributed by atoms with Crippen LogP contribution in [0.5, 0.6) is 0 Å². The average molecular weight is 529 g/mol. The van der Waals surface area contributed by atoms with Crippen molar-refractivity contribution in [2.24, 2.45) is 0 Å². The average Bonchev–Trinajstić information content (AvgIpc) is 2.90. The van der Waals surface area contributed by atoms with Gasteiger partial charge in [0.05, 0.1) is 9.92 Å². The summed E-state index contributed by atoms with van der Waals surface area (Å²) in [6.45, 7) is 0. The predicted molar refractivity (Wildman–Crippen MR) is 142 cm³/mol. The van der Waals surface area contributed by atoms with Crippen molar-refractivity contribution in [1.82, 2.24) is 9.97 Å². The molecule has 0 saturated carbocycles. The van der Waals surface area contributed by atoms with Gasteiger partial charge in [0.25, 0.3) is 0 Å². The highest BCUT2D eigenvalue weighted by atomic mass is 35.5. The van der Waals surface area contributed by atoms with E-state index >= 15 is 0 Å². The smallest absolute Gasteiger partial charge is 0.358 e. The molecule has 0 amide bonds. The van der Waals surface area contributed by atoms with E-state index in [1.165, 1.54) is 41.7 Å². The van der Waals surface area contributed by atoms with Crippen LogP contribution in [0.25, 0.3) is 0 Å². The van der Waals surface area contributed by atoms with Gasteiger partial charge in [-0.15, -0.1) is 11.8 Å². The van der Waals surface area contributed by atoms with Crippen LogP contribution in [0.2, 0.25) is 5.02 Å². The number of thioether (sulfide) groups is 1. The molecular formula is C24H21ClN4O4S2. The van der Waals surface area contributed by atoms with Crippen molar-refractivity contribution in [1.29, 1.82) is 0 Å². The molecule has 0 radical (unpaired) electrons. The number of benzene rings is 2. The molecule has 0 spiro atoms. The molecule has 2 aromatic heterocycles. The van der Waals surface area contributed by atoms with Crippen LogP contribution in [-0.4, -0.2) is 19.8 Å². The number of hydrogen-bond donors (Lipinski definition) is 1. The summed E-state index contributed by atoms with van der Waals surface area (Å²) < 4.78 is 0. The minimum atomic E-state index is -0.573. The highest BCUT2D eigenvalue weighted by Crippen LogP contribution is 2.23. The zero-order valence-corrected chi connectivity index (χ0v) is 20.8. The van der Waals surface area contributed by atoms with Crippen molar-refractivity contribution in [2.45, 2.75) is 16.4 Å². The van der Waals surface area contributed by atoms with E-state index in [0.29, 0.717) is 5.02 Å². The summed E-state index contributed by atoms with van der Waals surface area (Å²) in [7, 11) is 0. The summed E-state index contributed by atoms with van der Waals surface area (Å²) in [5, 5.41) is 20.8. The zero-order chi connectivity index (χ0) is 25.5. The Morgan fingerprint density at radius 1 is 0.743 bits per heavy atom. The second-order valence-electron chi connectivity index (χ2n) is 6.62. The van der Waals surface area contributed by atoms with Crippen LogP contribution in [0.3, 0.4) is 0 Å². The van der Waals surface area contributed by atoms with E-state index in [2.05, 4.69) is 34.7 Å². The molecule has 180 valence electrons. The molecule has 0 fully saturated rings. The van der Waals surface area contributed by atoms with Gasteiger partial charge in [0, 0.05) is 23.6 Å². The van der Waals surface area contributed by atoms with Crippen molar-refractivity contribution in [3.8, 4) is 0 Å². The molecule has 0 aliphatic carbocycles. The predicted octanol–water partition coefficient (Wildman–Crippen LogP) is 7.04. The van der Waals surface area contributed by atoms with Crippen LogP contribution in [-0.2, 0) is 11.5 Å². The number of nitrogens with zero attached hydrogens (tertiary/aromatic N) is 4. The van der Waals surface area contributed by atoms with Gasteiger partial charge in [0.15, 0.2) is 12.4 Å². The second-order valence-corrected chi connectivity index (χ2v) is 8.42. The van der Waals surface area contributed by atoms with Crippen molar-refractivity contribution >= 4 is 47.6 Å². The first-order valence-corrected chi connectivity index (χ1v) is 12.1. The van der Waals surface area contributed by atoms with E-state index in [-0.39, 0.29) is 11.6 Å². The molecule has 4 rings (SSSR count). The fourth-order valence-electron chi connectivity index (χ4n) is 2.37. The Hall–Kier alpha value is -3.47. The third-order valence-corrected chi connectivity index (χ3v) is 5.72. The molecule has 35 heavy (non-hydrogen) atoms. The van der Waals surface area contributed by atoms with Crippen molar-refractivity contribution < 1.29 is 9.85 Å². The van der Waals surface area contributed by atoms with Crippen LogP contribution < -0.4 is 0 Å². The van der Waals surface area contributed by atoms with Crippen LogP contribution in [0, 0.1) is 20.2 Å². The van der Waals surface area contributed by atoms with Crippen molar-refractivity contribution in [3.63, 3.8) is 0 Å². The van der Waals surface area contributed by atoms with Gasteiger partial charge in [-0.3, -0.25) is 0 Å². The normalized spacial score (nSPS) is 9.66. The van der Waals surface area contributed by atoms with E-state index in [0.717, 1.165) is 16.4 Å². The Morgan fingerprint density at radius 2 is 1.26 bits per heavy atom. The largest absolute Gasteiger partial charge is 0.363 e. The van der Waals surface area contributed by atoms with Crippen molar-refractivity contribution in [3.05, 3.63) is 134 Å². The maximum atomic E-state index is 10.4. The van der Waals surface area contributed by atoms with Gasteiger partial charge >= 0.3 is 11.6 Å². The Kier molecular flexibility index (Phi) is 12.2. The van der Waals surface area contributed by atoms with Crippen LogP contribution in [0.4, 0.5) is 11.6 Å². The van der Waals surface area contributed by atoms with Gasteiger partial charge < -0.3 is 20.2 Å². The summed E-state index contributed by atoms with van der Waals surface area (Å²) >= 11 is 11.2. The molecule has 0 aliphatic rings. The van der Waals surface area contributed by atoms with Crippen LogP contribution in [0.1, 0.15) is 11.1 Å². The number of nitro groups is 2. The molecule has 2 heterocycles. The van der Waals surface area contributed by atoms with Gasteiger partial charge in [-0.1, -0.05) is 72.3 Å². The molecule has 2 aromatic carbocycles. The topological polar surface area (TPSA) is 112 Å². The molecule has 0 atom stereocenters. The SMILES string of the molecule is O=[N+]([O-])c1ccc(Cl)cn1.O=[N+]([O-])c1ccc(SCc2ccccc2)cn1.SCc1ccccc1. The molecule has 0 unspecified atom stereocenters. The van der Waals surface area contributed by atoms with E-state index in [4.69, 9.17) is 11.6 Å². The van der Waals surface area contributed by atoms with Crippen molar-refractivity contribution in [2.75, 3.05) is 0 Å². The lowest BCUT2D eigenvalue weighted by Crippen LogP contribution is -1.90. The number of thiol groups is 1. The fourth-order valence-corrected chi connectivity index (χ4v) is 3.51. The third-order valence-electron chi connectivity index (χ3n) is 4.08. The molecule has 0 aliphatic heterocycles. The van der Waals surface area contributed by atoms with Gasteiger partial charge in [0.2, 0.25) is 0 Å². The lowest BCUT2D eigenvalue weighted by molar-refractivity contribution is -0.389. The lowest BCUT2D eigenvalue weighted by atomic mass is 10.2. The number of halogens is 1. The number of hydrogen-bond acceptors (Lipinski definition) is 8. The number of rotatable bonds is 6. The highest BCUT2D eigenvalue weighted by Gasteiger charge is 2.06. The first kappa shape index (κ1) is 27.8. The van der Waals surface area contributed by atoms with Crippen LogP contribution >= 0.6 is 36.0 Å². The van der Waals surface area contributed by atoms with E-state index < -0.39 is 9.85 Å². The maximum absolute atomic E-state index is 10.4. The van der Waals surface area contributed by atoms with Gasteiger partial charge in [-0.25, -0.2) is 0 Å². The summed E-state index contributed by atoms with van der Waals surface area (Å²) in [6.07, 6.45) is 2.77. The zero-order valence-electron chi connectivity index (χ0n) is 18.3. The summed E-state index contributed by atoms with van der Waals surface area (Å²) in [5.74, 6) is 1.36. The van der Waals surface area contributed by atoms with E-state index in [1.807, 2.05) is 48.5 Å². The van der Waals surface area contributed by atoms with Gasteiger partial charge in [0.1, 0.15) is 0 Å². The molecule has 11 heteroatoms. The third kappa shape index (κ3) is 11.0. The standard InChI is InChI=1S/C12H10N2O2S.C7H8S.C5H3ClN2O2/c15-14(16)12-7-6-11(8-13-12)17-9-10-4-2-1-3-5-10;8-6-7-4-2-1-3-5-7;6-4-1-2-5(7-3-4)8(9)10/h1-8H,9H2;1-5,8H,6H2;1-3H. The monoisotopic (exact) mass is 528 g/mol. The fraction of sp³-hybridized carbons (Fsp3) is 0.0833. The number of aromatic nitrogens is 2. The minimum absolute atomic E-state index is 0.117. The highest BCUT2D eigenvalue weighted by molar-refractivity contribution is 7.98. The van der Waals surface area contributed by atoms with E-state index in [1.54, 1.807) is 17.8 Å². The van der Waals surface area contributed by atoms with Crippen LogP contribution in [0.15, 0.2) is 102 Å². The maximum Gasteiger partial charge on any atom is 0.363 e. The molecular weight excluding hydrogens is 508 g/mol. The Bertz CT molecular complexity index is 1180. The second kappa shape index (κ2) is 15.4. The Labute approximate surface area is 217 Å². The van der Waals surface area contributed by atoms with E-state index in [9.17, 15) is 20.2 Å².